The van der Waals surface area contributed by atoms with Gasteiger partial charge in [0.05, 0.1) is 0 Å². The highest BCUT2D eigenvalue weighted by Gasteiger charge is 2.12. The predicted octanol–water partition coefficient (Wildman–Crippen LogP) is 3.39. The van der Waals surface area contributed by atoms with Gasteiger partial charge in [-0.3, -0.25) is 4.79 Å². The van der Waals surface area contributed by atoms with Crippen LogP contribution in [0.3, 0.4) is 0 Å². The highest BCUT2D eigenvalue weighted by Crippen LogP contribution is 2.22. The van der Waals surface area contributed by atoms with Crippen LogP contribution in [0.4, 0.5) is 5.82 Å². The second-order valence-electron chi connectivity index (χ2n) is 7.15. The number of carbonyl (C=O) groups excluding carboxylic acids is 1. The van der Waals surface area contributed by atoms with Gasteiger partial charge in [-0.2, -0.15) is 0 Å². The van der Waals surface area contributed by atoms with Crippen LogP contribution in [0.5, 0.6) is 0 Å². The number of aromatic nitrogens is 1. The van der Waals surface area contributed by atoms with Crippen LogP contribution in [0.1, 0.15) is 27.9 Å². The number of likely N-dealkylation sites (N-methyl/N-ethyl adjacent to an activating group) is 2. The molecule has 1 aliphatic rings. The first-order valence-corrected chi connectivity index (χ1v) is 9.88. The van der Waals surface area contributed by atoms with Crippen molar-refractivity contribution in [3.63, 3.8) is 0 Å². The van der Waals surface area contributed by atoms with Gasteiger partial charge in [-0.05, 0) is 49.6 Å². The number of nitrogens with zero attached hydrogens (tertiary/aromatic N) is 2. The molecule has 1 amide bonds. The predicted molar refractivity (Wildman–Crippen MR) is 116 cm³/mol. The number of hydrogen-bond acceptors (Lipinski definition) is 5. The third kappa shape index (κ3) is 5.45. The molecule has 0 aliphatic heterocycles. The quantitative estimate of drug-likeness (QED) is 0.695. The van der Waals surface area contributed by atoms with Crippen LogP contribution >= 0.6 is 0 Å². The number of benzene rings is 2. The van der Waals surface area contributed by atoms with Gasteiger partial charge in [0.25, 0.3) is 5.91 Å². The zero-order valence-corrected chi connectivity index (χ0v) is 17.0. The number of anilines is 1. The average molecular weight is 393 g/mol. The largest absolute Gasteiger partial charge is 0.381 e. The van der Waals surface area contributed by atoms with Crippen molar-refractivity contribution in [1.82, 2.24) is 15.4 Å². The van der Waals surface area contributed by atoms with Crippen molar-refractivity contribution in [2.75, 3.05) is 32.9 Å². The van der Waals surface area contributed by atoms with E-state index in [0.717, 1.165) is 12.1 Å². The first-order chi connectivity index (χ1) is 14.1. The molecule has 0 bridgehead atoms. The number of carbonyl (C=O) groups is 1. The van der Waals surface area contributed by atoms with Crippen LogP contribution < -0.4 is 11.1 Å². The maximum Gasteiger partial charge on any atom is 0.253 e. The van der Waals surface area contributed by atoms with E-state index in [1.165, 1.54) is 19.3 Å². The summed E-state index contributed by atoms with van der Waals surface area (Å²) in [6, 6.07) is 17.6. The number of amides is 1. The summed E-state index contributed by atoms with van der Waals surface area (Å²) in [4.78, 5) is 13.8. The van der Waals surface area contributed by atoms with Gasteiger partial charge in [-0.15, -0.1) is 0 Å². The van der Waals surface area contributed by atoms with Crippen molar-refractivity contribution in [2.45, 2.75) is 19.3 Å². The SMILES string of the molecule is CNCCN(C)C(=O)c1ccc(-c2cc(N)no2)cc1.c1ccc2c(c1)CCC2. The summed E-state index contributed by atoms with van der Waals surface area (Å²) in [6.45, 7) is 1.42. The molecule has 3 aromatic rings. The number of aryl methyl sites for hydroxylation is 2. The molecule has 6 heteroatoms. The van der Waals surface area contributed by atoms with Gasteiger partial charge in [0, 0.05) is 37.3 Å². The van der Waals surface area contributed by atoms with Crippen LogP contribution in [0.25, 0.3) is 11.3 Å². The lowest BCUT2D eigenvalue weighted by Gasteiger charge is -2.16. The Labute approximate surface area is 171 Å². The molecule has 1 aromatic heterocycles. The molecule has 0 radical (unpaired) electrons. The first kappa shape index (κ1) is 20.6. The molecule has 0 saturated heterocycles. The molecule has 6 nitrogen and oxygen atoms in total. The minimum atomic E-state index is -0.0103. The summed E-state index contributed by atoms with van der Waals surface area (Å²) in [5.41, 5.74) is 10.1. The maximum absolute atomic E-state index is 12.1. The standard InChI is InChI=1S/C14H18N4O2.C9H10/c1-16-7-8-18(2)14(19)11-5-3-10(4-6-11)12-9-13(15)17-20-12;1-2-5-9-7-3-6-8(9)4-1/h3-6,9,16H,7-8H2,1-2H3,(H2,15,17);1-2,4-5H,3,6-7H2. The Bertz CT molecular complexity index is 911. The Balaban J connectivity index is 0.000000220. The molecule has 152 valence electrons. The molecule has 0 fully saturated rings. The van der Waals surface area contributed by atoms with Gasteiger partial charge in [-0.25, -0.2) is 0 Å². The maximum atomic E-state index is 12.1. The number of rotatable bonds is 5. The van der Waals surface area contributed by atoms with E-state index >= 15 is 0 Å². The van der Waals surface area contributed by atoms with Crippen molar-refractivity contribution in [3.05, 3.63) is 71.3 Å². The Morgan fingerprint density at radius 1 is 1.14 bits per heavy atom. The molecule has 0 atom stereocenters. The number of nitrogens with two attached hydrogens (primary N) is 1. The zero-order valence-electron chi connectivity index (χ0n) is 17.0. The van der Waals surface area contributed by atoms with Gasteiger partial charge in [0.15, 0.2) is 11.6 Å². The molecule has 3 N–H and O–H groups in total. The van der Waals surface area contributed by atoms with E-state index in [1.807, 2.05) is 19.2 Å². The normalized spacial score (nSPS) is 12.1. The average Bonchev–Trinajstić information content (AvgIpc) is 3.41. The topological polar surface area (TPSA) is 84.4 Å². The molecule has 4 rings (SSSR count). The van der Waals surface area contributed by atoms with Gasteiger partial charge in [0.1, 0.15) is 0 Å². The Kier molecular flexibility index (Phi) is 7.03. The Morgan fingerprint density at radius 3 is 2.34 bits per heavy atom. The fourth-order valence-electron chi connectivity index (χ4n) is 3.32. The van der Waals surface area contributed by atoms with Gasteiger partial charge >= 0.3 is 0 Å². The number of fused-ring (bicyclic) bond motifs is 1. The second kappa shape index (κ2) is 9.89. The minimum absolute atomic E-state index is 0.0103. The fraction of sp³-hybridized carbons (Fsp3) is 0.304. The molecule has 0 saturated carbocycles. The summed E-state index contributed by atoms with van der Waals surface area (Å²) in [7, 11) is 3.64. The molecule has 2 aromatic carbocycles. The summed E-state index contributed by atoms with van der Waals surface area (Å²) in [5.74, 6) is 0.917. The molecular formula is C23H28N4O2. The molecule has 29 heavy (non-hydrogen) atoms. The van der Waals surface area contributed by atoms with E-state index < -0.39 is 0 Å². The van der Waals surface area contributed by atoms with Gasteiger partial charge < -0.3 is 20.5 Å². The van der Waals surface area contributed by atoms with E-state index in [0.29, 0.717) is 23.7 Å². The minimum Gasteiger partial charge on any atom is -0.381 e. The van der Waals surface area contributed by atoms with Crippen molar-refractivity contribution in [3.8, 4) is 11.3 Å². The van der Waals surface area contributed by atoms with Crippen LogP contribution in [-0.2, 0) is 12.8 Å². The molecular weight excluding hydrogens is 364 g/mol. The van der Waals surface area contributed by atoms with Crippen LogP contribution in [0.15, 0.2) is 59.1 Å². The van der Waals surface area contributed by atoms with Gasteiger partial charge in [0.2, 0.25) is 0 Å². The summed E-state index contributed by atoms with van der Waals surface area (Å²) < 4.78 is 5.07. The highest BCUT2D eigenvalue weighted by atomic mass is 16.5. The van der Waals surface area contributed by atoms with Crippen LogP contribution in [0, 0.1) is 0 Å². The summed E-state index contributed by atoms with van der Waals surface area (Å²) >= 11 is 0. The molecule has 0 unspecified atom stereocenters. The van der Waals surface area contributed by atoms with E-state index in [4.69, 9.17) is 10.3 Å². The van der Waals surface area contributed by atoms with E-state index in [2.05, 4.69) is 34.7 Å². The van der Waals surface area contributed by atoms with Crippen molar-refractivity contribution < 1.29 is 9.32 Å². The van der Waals surface area contributed by atoms with Crippen LogP contribution in [-0.4, -0.2) is 43.1 Å². The van der Waals surface area contributed by atoms with E-state index in [1.54, 1.807) is 41.3 Å². The molecule has 1 heterocycles. The zero-order chi connectivity index (χ0) is 20.6. The van der Waals surface area contributed by atoms with Crippen molar-refractivity contribution >= 4 is 11.7 Å². The number of nitrogens with one attached hydrogen (secondary N) is 1. The third-order valence-electron chi connectivity index (χ3n) is 5.00. The summed E-state index contributed by atoms with van der Waals surface area (Å²) in [5, 5.41) is 6.65. The monoisotopic (exact) mass is 392 g/mol. The second-order valence-corrected chi connectivity index (χ2v) is 7.15. The number of nitrogen functional groups attached to an aromatic ring is 1. The van der Waals surface area contributed by atoms with Crippen molar-refractivity contribution in [1.29, 1.82) is 0 Å². The van der Waals surface area contributed by atoms with E-state index in [-0.39, 0.29) is 5.91 Å². The highest BCUT2D eigenvalue weighted by molar-refractivity contribution is 5.94. The Morgan fingerprint density at radius 2 is 1.79 bits per heavy atom. The van der Waals surface area contributed by atoms with Crippen molar-refractivity contribution in [2.24, 2.45) is 0 Å². The lowest BCUT2D eigenvalue weighted by molar-refractivity contribution is 0.0797. The third-order valence-corrected chi connectivity index (χ3v) is 5.00. The van der Waals surface area contributed by atoms with Gasteiger partial charge in [-0.1, -0.05) is 41.6 Å². The summed E-state index contributed by atoms with van der Waals surface area (Å²) in [6.07, 6.45) is 3.96. The van der Waals surface area contributed by atoms with Crippen LogP contribution in [0.2, 0.25) is 0 Å². The van der Waals surface area contributed by atoms with E-state index in [9.17, 15) is 4.79 Å². The smallest absolute Gasteiger partial charge is 0.253 e. The molecule has 0 spiro atoms. The first-order valence-electron chi connectivity index (χ1n) is 9.88. The Hall–Kier alpha value is -3.12. The lowest BCUT2D eigenvalue weighted by Crippen LogP contribution is -2.32. The lowest BCUT2D eigenvalue weighted by atomic mass is 10.1. The fourth-order valence-corrected chi connectivity index (χ4v) is 3.32. The number of hydrogen-bond donors (Lipinski definition) is 2. The molecule has 1 aliphatic carbocycles.